The fourth-order valence-corrected chi connectivity index (χ4v) is 3.30. The van der Waals surface area contributed by atoms with Gasteiger partial charge >= 0.3 is 5.97 Å². The number of nitrogens with zero attached hydrogens (tertiary/aromatic N) is 2. The molecule has 140 valence electrons. The van der Waals surface area contributed by atoms with Crippen molar-refractivity contribution in [2.24, 2.45) is 0 Å². The largest absolute Gasteiger partial charge is 0.479 e. The van der Waals surface area contributed by atoms with Crippen LogP contribution in [0.1, 0.15) is 35.0 Å². The van der Waals surface area contributed by atoms with Crippen molar-refractivity contribution in [3.63, 3.8) is 0 Å². The molecule has 1 unspecified atom stereocenters. The van der Waals surface area contributed by atoms with Crippen LogP contribution in [0.2, 0.25) is 0 Å². The molecule has 27 heavy (non-hydrogen) atoms. The van der Waals surface area contributed by atoms with Crippen molar-refractivity contribution in [2.75, 3.05) is 0 Å². The number of thiophene rings is 1. The van der Waals surface area contributed by atoms with Crippen molar-refractivity contribution in [2.45, 2.75) is 32.7 Å². The Morgan fingerprint density at radius 2 is 2.07 bits per heavy atom. The Bertz CT molecular complexity index is 950. The SMILES string of the molecule is Cc1cccc(C(NC(=O)CCc2nnc(-c3ccsc3)o2)C(=O)O)c1C. The molecule has 1 atom stereocenters. The molecular formula is C19H19N3O4S. The molecule has 0 saturated heterocycles. The molecule has 2 aromatic heterocycles. The standard InChI is InChI=1S/C19H19N3O4S/c1-11-4-3-5-14(12(11)2)17(19(24)25)20-15(23)6-7-16-21-22-18(26-16)13-8-9-27-10-13/h3-5,8-10,17H,6-7H2,1-2H3,(H,20,23)(H,24,25). The molecule has 0 aliphatic heterocycles. The van der Waals surface area contributed by atoms with E-state index in [9.17, 15) is 14.7 Å². The fraction of sp³-hybridized carbons (Fsp3) is 0.263. The van der Waals surface area contributed by atoms with Gasteiger partial charge in [0.25, 0.3) is 0 Å². The van der Waals surface area contributed by atoms with Crippen LogP contribution in [0.5, 0.6) is 0 Å². The third kappa shape index (κ3) is 4.40. The number of benzene rings is 1. The summed E-state index contributed by atoms with van der Waals surface area (Å²) in [7, 11) is 0. The summed E-state index contributed by atoms with van der Waals surface area (Å²) in [6, 6.07) is 6.18. The summed E-state index contributed by atoms with van der Waals surface area (Å²) < 4.78 is 5.54. The molecule has 0 fully saturated rings. The highest BCUT2D eigenvalue weighted by Crippen LogP contribution is 2.22. The molecule has 0 radical (unpaired) electrons. The van der Waals surface area contributed by atoms with Crippen LogP contribution in [0.15, 0.2) is 39.4 Å². The van der Waals surface area contributed by atoms with Crippen molar-refractivity contribution in [3.8, 4) is 11.5 Å². The number of aliphatic carboxylic acids is 1. The quantitative estimate of drug-likeness (QED) is 0.646. The molecule has 8 heteroatoms. The number of rotatable bonds is 7. The van der Waals surface area contributed by atoms with E-state index in [1.54, 1.807) is 12.1 Å². The van der Waals surface area contributed by atoms with E-state index >= 15 is 0 Å². The van der Waals surface area contributed by atoms with E-state index in [0.717, 1.165) is 16.7 Å². The lowest BCUT2D eigenvalue weighted by Crippen LogP contribution is -2.34. The predicted molar refractivity (Wildman–Crippen MR) is 100 cm³/mol. The number of hydrogen-bond acceptors (Lipinski definition) is 6. The van der Waals surface area contributed by atoms with Gasteiger partial charge in [-0.25, -0.2) is 4.79 Å². The highest BCUT2D eigenvalue weighted by Gasteiger charge is 2.24. The Labute approximate surface area is 160 Å². The number of carboxylic acids is 1. The lowest BCUT2D eigenvalue weighted by molar-refractivity contribution is -0.142. The fourth-order valence-electron chi connectivity index (χ4n) is 2.67. The van der Waals surface area contributed by atoms with Crippen LogP contribution >= 0.6 is 11.3 Å². The highest BCUT2D eigenvalue weighted by molar-refractivity contribution is 7.08. The summed E-state index contributed by atoms with van der Waals surface area (Å²) >= 11 is 1.52. The van der Waals surface area contributed by atoms with E-state index in [1.165, 1.54) is 11.3 Å². The second-order valence-electron chi connectivity index (χ2n) is 6.14. The van der Waals surface area contributed by atoms with Gasteiger partial charge in [0.05, 0.1) is 0 Å². The van der Waals surface area contributed by atoms with Crippen molar-refractivity contribution in [1.82, 2.24) is 15.5 Å². The van der Waals surface area contributed by atoms with Gasteiger partial charge in [0.1, 0.15) is 0 Å². The Balaban J connectivity index is 1.63. The van der Waals surface area contributed by atoms with Crippen molar-refractivity contribution >= 4 is 23.2 Å². The third-order valence-corrected chi connectivity index (χ3v) is 4.99. The number of hydrogen-bond donors (Lipinski definition) is 2. The molecule has 0 aliphatic carbocycles. The Hall–Kier alpha value is -3.00. The van der Waals surface area contributed by atoms with Gasteiger partial charge in [0.15, 0.2) is 6.04 Å². The molecule has 2 N–H and O–H groups in total. The van der Waals surface area contributed by atoms with E-state index in [2.05, 4.69) is 15.5 Å². The molecule has 3 aromatic rings. The molecule has 1 aromatic carbocycles. The summed E-state index contributed by atoms with van der Waals surface area (Å²) in [6.45, 7) is 3.75. The van der Waals surface area contributed by atoms with Gasteiger partial charge in [-0.3, -0.25) is 4.79 Å². The monoisotopic (exact) mass is 385 g/mol. The highest BCUT2D eigenvalue weighted by atomic mass is 32.1. The minimum Gasteiger partial charge on any atom is -0.479 e. The van der Waals surface area contributed by atoms with Crippen LogP contribution < -0.4 is 5.32 Å². The topological polar surface area (TPSA) is 105 Å². The smallest absolute Gasteiger partial charge is 0.330 e. The lowest BCUT2D eigenvalue weighted by atomic mass is 9.97. The Morgan fingerprint density at radius 3 is 2.78 bits per heavy atom. The zero-order chi connectivity index (χ0) is 19.4. The molecule has 7 nitrogen and oxygen atoms in total. The summed E-state index contributed by atoms with van der Waals surface area (Å²) in [6.07, 6.45) is 0.294. The molecule has 0 bridgehead atoms. The van der Waals surface area contributed by atoms with Crippen LogP contribution in [0.25, 0.3) is 11.5 Å². The molecule has 0 saturated carbocycles. The van der Waals surface area contributed by atoms with Crippen molar-refractivity contribution in [1.29, 1.82) is 0 Å². The van der Waals surface area contributed by atoms with Crippen molar-refractivity contribution in [3.05, 3.63) is 57.6 Å². The minimum atomic E-state index is -1.10. The summed E-state index contributed by atoms with van der Waals surface area (Å²) in [4.78, 5) is 23.9. The van der Waals surface area contributed by atoms with Gasteiger partial charge < -0.3 is 14.8 Å². The first-order chi connectivity index (χ1) is 13.0. The number of carboxylic acid groups (broad SMARTS) is 1. The van der Waals surface area contributed by atoms with Gasteiger partial charge in [0.2, 0.25) is 17.7 Å². The van der Waals surface area contributed by atoms with Gasteiger partial charge in [0, 0.05) is 23.8 Å². The van der Waals surface area contributed by atoms with E-state index < -0.39 is 17.9 Å². The summed E-state index contributed by atoms with van der Waals surface area (Å²) in [5, 5.41) is 23.8. The maximum absolute atomic E-state index is 12.3. The molecular weight excluding hydrogens is 366 g/mol. The Kier molecular flexibility index (Phi) is 5.66. The van der Waals surface area contributed by atoms with E-state index in [0.29, 0.717) is 17.3 Å². The average molecular weight is 385 g/mol. The first-order valence-corrected chi connectivity index (χ1v) is 9.33. The zero-order valence-electron chi connectivity index (χ0n) is 14.9. The predicted octanol–water partition coefficient (Wildman–Crippen LogP) is 3.29. The second-order valence-corrected chi connectivity index (χ2v) is 6.92. The number of carbonyl (C=O) groups is 2. The zero-order valence-corrected chi connectivity index (χ0v) is 15.7. The summed E-state index contributed by atoms with van der Waals surface area (Å²) in [5.41, 5.74) is 3.24. The number of aromatic nitrogens is 2. The van der Waals surface area contributed by atoms with Gasteiger partial charge in [-0.05, 0) is 42.0 Å². The number of aryl methyl sites for hydroxylation is 2. The van der Waals surface area contributed by atoms with Crippen LogP contribution in [0.4, 0.5) is 0 Å². The minimum absolute atomic E-state index is 0.0555. The number of nitrogens with one attached hydrogen (secondary N) is 1. The molecule has 0 aliphatic rings. The number of carbonyl (C=O) groups excluding carboxylic acids is 1. The van der Waals surface area contributed by atoms with Gasteiger partial charge in [-0.15, -0.1) is 10.2 Å². The van der Waals surface area contributed by atoms with E-state index in [4.69, 9.17) is 4.42 Å². The van der Waals surface area contributed by atoms with Crippen LogP contribution in [0, 0.1) is 13.8 Å². The van der Waals surface area contributed by atoms with Crippen LogP contribution in [-0.4, -0.2) is 27.2 Å². The third-order valence-electron chi connectivity index (χ3n) is 4.31. The van der Waals surface area contributed by atoms with E-state index in [-0.39, 0.29) is 12.8 Å². The first kappa shape index (κ1) is 18.8. The lowest BCUT2D eigenvalue weighted by Gasteiger charge is -2.18. The number of amides is 1. The molecule has 1 amide bonds. The molecule has 2 heterocycles. The molecule has 0 spiro atoms. The van der Waals surface area contributed by atoms with E-state index in [1.807, 2.05) is 36.7 Å². The van der Waals surface area contributed by atoms with Gasteiger partial charge in [-0.1, -0.05) is 18.2 Å². The maximum Gasteiger partial charge on any atom is 0.330 e. The second kappa shape index (κ2) is 8.13. The normalized spacial score (nSPS) is 11.9. The van der Waals surface area contributed by atoms with Crippen LogP contribution in [-0.2, 0) is 16.0 Å². The van der Waals surface area contributed by atoms with Crippen LogP contribution in [0.3, 0.4) is 0 Å². The summed E-state index contributed by atoms with van der Waals surface area (Å²) in [5.74, 6) is -0.747. The Morgan fingerprint density at radius 1 is 1.26 bits per heavy atom. The molecule has 3 rings (SSSR count). The maximum atomic E-state index is 12.3. The first-order valence-electron chi connectivity index (χ1n) is 8.39. The van der Waals surface area contributed by atoms with Crippen molar-refractivity contribution < 1.29 is 19.1 Å². The van der Waals surface area contributed by atoms with Gasteiger partial charge in [-0.2, -0.15) is 11.3 Å². The average Bonchev–Trinajstić information content (AvgIpc) is 3.31.